The zero-order valence-electron chi connectivity index (χ0n) is 7.43. The summed E-state index contributed by atoms with van der Waals surface area (Å²) in [5.74, 6) is 0. The number of thiazole rings is 1. The molecule has 0 fully saturated rings. The highest BCUT2D eigenvalue weighted by Gasteiger charge is 2.20. The SMILES string of the molecule is Cc1nc(C(C)(C)C)c(N)s1. The molecule has 0 aliphatic carbocycles. The highest BCUT2D eigenvalue weighted by Crippen LogP contribution is 2.30. The molecule has 0 aliphatic heterocycles. The van der Waals surface area contributed by atoms with Gasteiger partial charge in [0.25, 0.3) is 0 Å². The van der Waals surface area contributed by atoms with Gasteiger partial charge < -0.3 is 5.73 Å². The summed E-state index contributed by atoms with van der Waals surface area (Å²) in [5, 5.41) is 1.91. The van der Waals surface area contributed by atoms with Crippen LogP contribution in [-0.2, 0) is 5.41 Å². The minimum atomic E-state index is 0.0782. The zero-order chi connectivity index (χ0) is 8.65. The van der Waals surface area contributed by atoms with Crippen molar-refractivity contribution in [3.8, 4) is 0 Å². The van der Waals surface area contributed by atoms with E-state index in [2.05, 4.69) is 25.8 Å². The van der Waals surface area contributed by atoms with Crippen LogP contribution in [0, 0.1) is 6.92 Å². The first-order valence-corrected chi connectivity index (χ1v) is 4.46. The Hall–Kier alpha value is -0.570. The van der Waals surface area contributed by atoms with Gasteiger partial charge in [-0.3, -0.25) is 0 Å². The molecule has 62 valence electrons. The highest BCUT2D eigenvalue weighted by atomic mass is 32.1. The van der Waals surface area contributed by atoms with E-state index in [4.69, 9.17) is 5.73 Å². The summed E-state index contributed by atoms with van der Waals surface area (Å²) in [5.41, 5.74) is 6.89. The molecule has 0 bridgehead atoms. The van der Waals surface area contributed by atoms with Crippen molar-refractivity contribution < 1.29 is 0 Å². The number of rotatable bonds is 0. The number of aryl methyl sites for hydroxylation is 1. The molecule has 0 aliphatic rings. The number of nitrogens with two attached hydrogens (primary N) is 1. The van der Waals surface area contributed by atoms with Crippen LogP contribution in [0.25, 0.3) is 0 Å². The van der Waals surface area contributed by atoms with Crippen molar-refractivity contribution in [2.24, 2.45) is 0 Å². The van der Waals surface area contributed by atoms with Gasteiger partial charge in [-0.15, -0.1) is 11.3 Å². The second-order valence-corrected chi connectivity index (χ2v) is 4.93. The minimum absolute atomic E-state index is 0.0782. The van der Waals surface area contributed by atoms with E-state index in [1.807, 2.05) is 6.92 Å². The largest absolute Gasteiger partial charge is 0.389 e. The summed E-state index contributed by atoms with van der Waals surface area (Å²) in [6.45, 7) is 8.35. The fourth-order valence-corrected chi connectivity index (χ4v) is 1.88. The quantitative estimate of drug-likeness (QED) is 0.649. The number of aromatic nitrogens is 1. The first kappa shape index (κ1) is 8.53. The van der Waals surface area contributed by atoms with E-state index in [1.165, 1.54) is 0 Å². The average molecular weight is 170 g/mol. The van der Waals surface area contributed by atoms with E-state index in [0.717, 1.165) is 15.7 Å². The second kappa shape index (κ2) is 2.48. The maximum atomic E-state index is 5.78. The van der Waals surface area contributed by atoms with Gasteiger partial charge in [-0.05, 0) is 6.92 Å². The number of nitrogens with zero attached hydrogens (tertiary/aromatic N) is 1. The Labute approximate surface area is 71.5 Å². The van der Waals surface area contributed by atoms with Crippen LogP contribution < -0.4 is 5.73 Å². The van der Waals surface area contributed by atoms with Gasteiger partial charge in [0.15, 0.2) is 0 Å². The van der Waals surface area contributed by atoms with Crippen molar-refractivity contribution in [1.29, 1.82) is 0 Å². The molecule has 0 amide bonds. The predicted octanol–water partition coefficient (Wildman–Crippen LogP) is 2.33. The molecule has 1 aromatic heterocycles. The van der Waals surface area contributed by atoms with Crippen LogP contribution in [0.3, 0.4) is 0 Å². The number of hydrogen-bond donors (Lipinski definition) is 1. The van der Waals surface area contributed by atoms with Gasteiger partial charge in [0.1, 0.15) is 5.00 Å². The van der Waals surface area contributed by atoms with Crippen molar-refractivity contribution in [1.82, 2.24) is 4.98 Å². The molecular weight excluding hydrogens is 156 g/mol. The lowest BCUT2D eigenvalue weighted by Gasteiger charge is -2.15. The molecule has 2 nitrogen and oxygen atoms in total. The van der Waals surface area contributed by atoms with E-state index in [0.29, 0.717) is 0 Å². The van der Waals surface area contributed by atoms with E-state index >= 15 is 0 Å². The number of nitrogen functional groups attached to an aromatic ring is 1. The number of hydrogen-bond acceptors (Lipinski definition) is 3. The third-order valence-corrected chi connectivity index (χ3v) is 2.27. The van der Waals surface area contributed by atoms with E-state index in [1.54, 1.807) is 11.3 Å². The Balaban J connectivity index is 3.13. The van der Waals surface area contributed by atoms with Gasteiger partial charge in [-0.2, -0.15) is 0 Å². The van der Waals surface area contributed by atoms with Gasteiger partial charge in [0, 0.05) is 5.41 Å². The lowest BCUT2D eigenvalue weighted by molar-refractivity contribution is 0.574. The summed E-state index contributed by atoms with van der Waals surface area (Å²) in [6.07, 6.45) is 0. The van der Waals surface area contributed by atoms with Gasteiger partial charge in [-0.1, -0.05) is 20.8 Å². The average Bonchev–Trinajstić information content (AvgIpc) is 2.08. The van der Waals surface area contributed by atoms with E-state index in [-0.39, 0.29) is 5.41 Å². The predicted molar refractivity (Wildman–Crippen MR) is 50.0 cm³/mol. The summed E-state index contributed by atoms with van der Waals surface area (Å²) in [6, 6.07) is 0. The molecule has 0 saturated carbocycles. The zero-order valence-corrected chi connectivity index (χ0v) is 8.25. The fraction of sp³-hybridized carbons (Fsp3) is 0.625. The first-order valence-electron chi connectivity index (χ1n) is 3.64. The van der Waals surface area contributed by atoms with E-state index in [9.17, 15) is 0 Å². The maximum Gasteiger partial charge on any atom is 0.110 e. The van der Waals surface area contributed by atoms with Gasteiger partial charge in [0.2, 0.25) is 0 Å². The molecule has 1 heterocycles. The first-order chi connectivity index (χ1) is 4.91. The molecule has 11 heavy (non-hydrogen) atoms. The van der Waals surface area contributed by atoms with Crippen LogP contribution in [-0.4, -0.2) is 4.98 Å². The molecule has 0 spiro atoms. The lowest BCUT2D eigenvalue weighted by Crippen LogP contribution is -2.13. The van der Waals surface area contributed by atoms with Crippen LogP contribution in [0.1, 0.15) is 31.5 Å². The molecule has 2 N–H and O–H groups in total. The minimum Gasteiger partial charge on any atom is -0.389 e. The Morgan fingerprint density at radius 3 is 2.09 bits per heavy atom. The summed E-state index contributed by atoms with van der Waals surface area (Å²) >= 11 is 1.56. The topological polar surface area (TPSA) is 38.9 Å². The Kier molecular flexibility index (Phi) is 1.92. The van der Waals surface area contributed by atoms with Crippen molar-refractivity contribution in [2.75, 3.05) is 5.73 Å². The molecular formula is C8H14N2S. The third kappa shape index (κ3) is 1.71. The van der Waals surface area contributed by atoms with Crippen molar-refractivity contribution in [2.45, 2.75) is 33.1 Å². The molecule has 0 atom stereocenters. The summed E-state index contributed by atoms with van der Waals surface area (Å²) in [7, 11) is 0. The second-order valence-electron chi connectivity index (χ2n) is 3.70. The van der Waals surface area contributed by atoms with Crippen LogP contribution in [0.15, 0.2) is 0 Å². The van der Waals surface area contributed by atoms with Gasteiger partial charge >= 0.3 is 0 Å². The lowest BCUT2D eigenvalue weighted by atomic mass is 9.93. The smallest absolute Gasteiger partial charge is 0.110 e. The summed E-state index contributed by atoms with van der Waals surface area (Å²) in [4.78, 5) is 4.38. The third-order valence-electron chi connectivity index (χ3n) is 1.47. The van der Waals surface area contributed by atoms with Crippen molar-refractivity contribution in [3.63, 3.8) is 0 Å². The maximum absolute atomic E-state index is 5.78. The van der Waals surface area contributed by atoms with Gasteiger partial charge in [-0.25, -0.2) is 4.98 Å². The Morgan fingerprint density at radius 1 is 1.36 bits per heavy atom. The van der Waals surface area contributed by atoms with Crippen LogP contribution in [0.2, 0.25) is 0 Å². The summed E-state index contributed by atoms with van der Waals surface area (Å²) < 4.78 is 0. The van der Waals surface area contributed by atoms with Crippen molar-refractivity contribution in [3.05, 3.63) is 10.7 Å². The van der Waals surface area contributed by atoms with Crippen molar-refractivity contribution >= 4 is 16.3 Å². The molecule has 1 rings (SSSR count). The van der Waals surface area contributed by atoms with Crippen LogP contribution >= 0.6 is 11.3 Å². The molecule has 0 radical (unpaired) electrons. The Bertz CT molecular complexity index is 258. The molecule has 0 saturated heterocycles. The fourth-order valence-electron chi connectivity index (χ4n) is 0.980. The molecule has 0 unspecified atom stereocenters. The van der Waals surface area contributed by atoms with Crippen LogP contribution in [0.4, 0.5) is 5.00 Å². The Morgan fingerprint density at radius 2 is 1.91 bits per heavy atom. The standard InChI is InChI=1S/C8H14N2S/c1-5-10-6(7(9)11-5)8(2,3)4/h9H2,1-4H3. The highest BCUT2D eigenvalue weighted by molar-refractivity contribution is 7.15. The monoisotopic (exact) mass is 170 g/mol. The molecule has 0 aromatic carbocycles. The van der Waals surface area contributed by atoms with Gasteiger partial charge in [0.05, 0.1) is 10.7 Å². The molecule has 3 heteroatoms. The van der Waals surface area contributed by atoms with E-state index < -0.39 is 0 Å². The molecule has 1 aromatic rings. The van der Waals surface area contributed by atoms with Crippen LogP contribution in [0.5, 0.6) is 0 Å². The normalized spacial score (nSPS) is 12.0. The number of anilines is 1.